The normalized spacial score (nSPS) is 21.3. The molecule has 0 saturated carbocycles. The summed E-state index contributed by atoms with van der Waals surface area (Å²) in [6.45, 7) is 4.92. The number of piperidine rings is 1. The maximum Gasteiger partial charge on any atom is 0.258 e. The number of aryl methyl sites for hydroxylation is 1. The smallest absolute Gasteiger partial charge is 0.258 e. The number of hydrogen-bond donors (Lipinski definition) is 0. The third kappa shape index (κ3) is 2.50. The third-order valence-electron chi connectivity index (χ3n) is 4.87. The summed E-state index contributed by atoms with van der Waals surface area (Å²) in [5.41, 5.74) is 1.49. The second kappa shape index (κ2) is 5.82. The predicted octanol–water partition coefficient (Wildman–Crippen LogP) is 3.85. The van der Waals surface area contributed by atoms with Crippen LogP contribution in [0, 0.1) is 12.8 Å². The van der Waals surface area contributed by atoms with Crippen LogP contribution in [-0.4, -0.2) is 27.0 Å². The van der Waals surface area contributed by atoms with Crippen LogP contribution in [0.2, 0.25) is 0 Å². The van der Waals surface area contributed by atoms with Crippen LogP contribution >= 0.6 is 0 Å². The summed E-state index contributed by atoms with van der Waals surface area (Å²) >= 11 is 0. The minimum absolute atomic E-state index is 0.00591. The van der Waals surface area contributed by atoms with Crippen molar-refractivity contribution >= 4 is 11.4 Å². The number of carbonyl (C=O) groups is 1. The molecule has 4 rings (SSSR count). The van der Waals surface area contributed by atoms with Gasteiger partial charge in [-0.15, -0.1) is 0 Å². The van der Waals surface area contributed by atoms with Gasteiger partial charge in [0.05, 0.1) is 23.3 Å². The number of hydrogen-bond acceptors (Lipinski definition) is 3. The second-order valence-electron chi connectivity index (χ2n) is 6.68. The van der Waals surface area contributed by atoms with Crippen molar-refractivity contribution in [3.05, 3.63) is 59.8 Å². The molecule has 24 heavy (non-hydrogen) atoms. The Labute approximate surface area is 140 Å². The maximum atomic E-state index is 13.2. The lowest BCUT2D eigenvalue weighted by atomic mass is 9.90. The minimum Gasteiger partial charge on any atom is -0.464 e. The summed E-state index contributed by atoms with van der Waals surface area (Å²) in [4.78, 5) is 15.1. The molecule has 0 bridgehead atoms. The zero-order valence-corrected chi connectivity index (χ0v) is 14.0. The fourth-order valence-electron chi connectivity index (χ4n) is 3.54. The van der Waals surface area contributed by atoms with Gasteiger partial charge in [-0.25, -0.2) is 4.52 Å². The lowest BCUT2D eigenvalue weighted by Crippen LogP contribution is -2.40. The highest BCUT2D eigenvalue weighted by atomic mass is 16.3. The van der Waals surface area contributed by atoms with E-state index in [1.54, 1.807) is 10.7 Å². The molecule has 3 aromatic heterocycles. The van der Waals surface area contributed by atoms with Crippen LogP contribution in [0.3, 0.4) is 0 Å². The molecule has 0 radical (unpaired) electrons. The first-order valence-electron chi connectivity index (χ1n) is 8.43. The number of amides is 1. The van der Waals surface area contributed by atoms with Gasteiger partial charge < -0.3 is 9.32 Å². The van der Waals surface area contributed by atoms with Crippen molar-refractivity contribution in [2.75, 3.05) is 6.54 Å². The summed E-state index contributed by atoms with van der Waals surface area (Å²) in [6.07, 6.45) is 5.47. The molecule has 3 aromatic rings. The molecular weight excluding hydrogens is 302 g/mol. The van der Waals surface area contributed by atoms with E-state index < -0.39 is 0 Å². The number of carbonyl (C=O) groups excluding carboxylic acids is 1. The molecule has 5 nitrogen and oxygen atoms in total. The monoisotopic (exact) mass is 323 g/mol. The second-order valence-corrected chi connectivity index (χ2v) is 6.68. The van der Waals surface area contributed by atoms with Gasteiger partial charge in [-0.1, -0.05) is 13.0 Å². The van der Waals surface area contributed by atoms with E-state index in [2.05, 4.69) is 12.0 Å². The summed E-state index contributed by atoms with van der Waals surface area (Å²) in [6, 6.07) is 9.72. The van der Waals surface area contributed by atoms with Gasteiger partial charge in [0, 0.05) is 12.7 Å². The van der Waals surface area contributed by atoms with E-state index in [1.165, 1.54) is 0 Å². The third-order valence-corrected chi connectivity index (χ3v) is 4.87. The van der Waals surface area contributed by atoms with Crippen molar-refractivity contribution in [1.29, 1.82) is 0 Å². The molecule has 124 valence electrons. The summed E-state index contributed by atoms with van der Waals surface area (Å²) < 4.78 is 7.58. The molecule has 1 saturated heterocycles. The molecule has 0 N–H and O–H groups in total. The van der Waals surface area contributed by atoms with E-state index in [0.717, 1.165) is 36.4 Å². The summed E-state index contributed by atoms with van der Waals surface area (Å²) in [5.74, 6) is 2.37. The Morgan fingerprint density at radius 1 is 1.29 bits per heavy atom. The molecule has 1 aliphatic rings. The Hall–Kier alpha value is -2.56. The number of likely N-dealkylation sites (tertiary alicyclic amines) is 1. The van der Waals surface area contributed by atoms with Crippen molar-refractivity contribution in [2.45, 2.75) is 32.7 Å². The molecule has 2 atom stereocenters. The summed E-state index contributed by atoms with van der Waals surface area (Å²) in [5, 5.41) is 4.30. The van der Waals surface area contributed by atoms with Crippen molar-refractivity contribution in [3.8, 4) is 0 Å². The van der Waals surface area contributed by atoms with Gasteiger partial charge in [0.1, 0.15) is 11.5 Å². The van der Waals surface area contributed by atoms with Crippen molar-refractivity contribution in [2.24, 2.45) is 5.92 Å². The van der Waals surface area contributed by atoms with Crippen LogP contribution in [0.15, 0.2) is 47.1 Å². The molecule has 2 unspecified atom stereocenters. The zero-order valence-electron chi connectivity index (χ0n) is 14.0. The van der Waals surface area contributed by atoms with Crippen LogP contribution in [0.25, 0.3) is 5.52 Å². The van der Waals surface area contributed by atoms with Crippen molar-refractivity contribution < 1.29 is 9.21 Å². The van der Waals surface area contributed by atoms with Gasteiger partial charge in [0.15, 0.2) is 0 Å². The lowest BCUT2D eigenvalue weighted by Gasteiger charge is -2.37. The maximum absolute atomic E-state index is 13.2. The number of pyridine rings is 1. The Kier molecular flexibility index (Phi) is 3.63. The fraction of sp³-hybridized carbons (Fsp3) is 0.368. The first kappa shape index (κ1) is 15.0. The molecule has 0 aromatic carbocycles. The molecule has 4 heterocycles. The van der Waals surface area contributed by atoms with Crippen LogP contribution in [-0.2, 0) is 0 Å². The van der Waals surface area contributed by atoms with E-state index >= 15 is 0 Å². The van der Waals surface area contributed by atoms with Gasteiger partial charge in [-0.05, 0) is 49.9 Å². The van der Waals surface area contributed by atoms with Crippen molar-refractivity contribution in [1.82, 2.24) is 14.5 Å². The highest BCUT2D eigenvalue weighted by Gasteiger charge is 2.34. The van der Waals surface area contributed by atoms with Gasteiger partial charge >= 0.3 is 0 Å². The van der Waals surface area contributed by atoms with Crippen LogP contribution in [0.1, 0.15) is 47.7 Å². The van der Waals surface area contributed by atoms with E-state index in [0.29, 0.717) is 11.5 Å². The SMILES string of the molecule is Cc1ccc(C2CC(C)CCN2C(=O)c2cnn3ccccc23)o1. The Balaban J connectivity index is 1.71. The Morgan fingerprint density at radius 3 is 2.96 bits per heavy atom. The van der Waals surface area contributed by atoms with Crippen molar-refractivity contribution in [3.63, 3.8) is 0 Å². The quantitative estimate of drug-likeness (QED) is 0.720. The molecule has 1 aliphatic heterocycles. The zero-order chi connectivity index (χ0) is 16.7. The predicted molar refractivity (Wildman–Crippen MR) is 90.8 cm³/mol. The standard InChI is InChI=1S/C19H21N3O2/c1-13-8-10-21(17(11-13)18-7-6-14(2)24-18)19(23)15-12-20-22-9-4-3-5-16(15)22/h3-7,9,12-13,17H,8,10-11H2,1-2H3. The average molecular weight is 323 g/mol. The topological polar surface area (TPSA) is 50.8 Å². The van der Waals surface area contributed by atoms with Gasteiger partial charge in [0.25, 0.3) is 5.91 Å². The Bertz CT molecular complexity index is 880. The van der Waals surface area contributed by atoms with E-state index in [4.69, 9.17) is 4.42 Å². The molecule has 1 amide bonds. The highest BCUT2D eigenvalue weighted by Crippen LogP contribution is 2.36. The van der Waals surface area contributed by atoms with Gasteiger partial charge in [-0.3, -0.25) is 4.79 Å². The van der Waals surface area contributed by atoms with E-state index in [9.17, 15) is 4.79 Å². The van der Waals surface area contributed by atoms with E-state index in [1.807, 2.05) is 48.4 Å². The first-order valence-corrected chi connectivity index (χ1v) is 8.43. The number of fused-ring (bicyclic) bond motifs is 1. The molecular formula is C19H21N3O2. The van der Waals surface area contributed by atoms with E-state index in [-0.39, 0.29) is 11.9 Å². The highest BCUT2D eigenvalue weighted by molar-refractivity contribution is 6.00. The number of aromatic nitrogens is 2. The average Bonchev–Trinajstić information content (AvgIpc) is 3.20. The van der Waals surface area contributed by atoms with Crippen LogP contribution < -0.4 is 0 Å². The molecule has 1 fully saturated rings. The molecule has 5 heteroatoms. The Morgan fingerprint density at radius 2 is 2.17 bits per heavy atom. The first-order chi connectivity index (χ1) is 11.6. The van der Waals surface area contributed by atoms with Gasteiger partial charge in [0.2, 0.25) is 0 Å². The minimum atomic E-state index is -0.00591. The number of furan rings is 1. The molecule has 0 spiro atoms. The lowest BCUT2D eigenvalue weighted by molar-refractivity contribution is 0.0521. The van der Waals surface area contributed by atoms with Crippen LogP contribution in [0.4, 0.5) is 0 Å². The fourth-order valence-corrected chi connectivity index (χ4v) is 3.54. The number of nitrogens with zero attached hydrogens (tertiary/aromatic N) is 3. The van der Waals surface area contributed by atoms with Crippen LogP contribution in [0.5, 0.6) is 0 Å². The largest absolute Gasteiger partial charge is 0.464 e. The molecule has 0 aliphatic carbocycles. The summed E-state index contributed by atoms with van der Waals surface area (Å²) in [7, 11) is 0. The van der Waals surface area contributed by atoms with Gasteiger partial charge in [-0.2, -0.15) is 5.10 Å². The number of rotatable bonds is 2.